The van der Waals surface area contributed by atoms with E-state index in [2.05, 4.69) is 32.5 Å². The number of hydrogen-bond acceptors (Lipinski definition) is 18. The molecule has 9 aromatic carbocycles. The molecule has 111 heavy (non-hydrogen) atoms. The van der Waals surface area contributed by atoms with Gasteiger partial charge in [-0.2, -0.15) is 20.6 Å². The van der Waals surface area contributed by atoms with Crippen LogP contribution in [0, 0.1) is 75.3 Å². The molecule has 0 aromatic heterocycles. The van der Waals surface area contributed by atoms with Gasteiger partial charge >= 0.3 is 5.97 Å². The highest BCUT2D eigenvalue weighted by molar-refractivity contribution is 8.15. The molecule has 0 saturated carbocycles. The number of hydrazone groups is 3. The highest BCUT2D eigenvalue weighted by atomic mass is 35.5. The third-order valence-corrected chi connectivity index (χ3v) is 19.6. The van der Waals surface area contributed by atoms with Crippen LogP contribution in [0.1, 0.15) is 87.0 Å². The first-order valence-electron chi connectivity index (χ1n) is 32.2. The molecule has 20 nitrogen and oxygen atoms in total. The van der Waals surface area contributed by atoms with E-state index < -0.39 is 126 Å². The molecule has 3 N–H and O–H groups in total. The molecule has 0 aliphatic carbocycles. The fourth-order valence-electron chi connectivity index (χ4n) is 10.6. The lowest BCUT2D eigenvalue weighted by Crippen LogP contribution is -2.29. The average Bonchev–Trinajstić information content (AvgIpc) is 1.66. The second-order valence-corrected chi connectivity index (χ2v) is 26.6. The molecule has 572 valence electrons. The van der Waals surface area contributed by atoms with Crippen molar-refractivity contribution in [2.24, 2.45) is 15.3 Å². The van der Waals surface area contributed by atoms with Crippen molar-refractivity contribution in [2.75, 3.05) is 47.6 Å². The van der Waals surface area contributed by atoms with Gasteiger partial charge in [0.2, 0.25) is 0 Å². The first-order valence-corrected chi connectivity index (χ1v) is 35.2. The number of benzene rings is 9. The maximum Gasteiger partial charge on any atom is 0.305 e. The fourth-order valence-corrected chi connectivity index (χ4v) is 14.2. The molecule has 3 heterocycles. The molecular formula is C76H55ClF11N9O11S3. The number of nitriles is 1. The maximum absolute atomic E-state index is 14.6. The smallest absolute Gasteiger partial charge is 0.305 e. The van der Waals surface area contributed by atoms with Gasteiger partial charge in [-0.05, 0) is 78.9 Å². The van der Waals surface area contributed by atoms with Gasteiger partial charge < -0.3 is 39.4 Å². The molecule has 12 rings (SSSR count). The van der Waals surface area contributed by atoms with Crippen molar-refractivity contribution in [2.45, 2.75) is 22.5 Å². The molecule has 9 aromatic rings. The first-order chi connectivity index (χ1) is 53.2. The third-order valence-electron chi connectivity index (χ3n) is 15.7. The molecule has 3 aliphatic heterocycles. The third kappa shape index (κ3) is 19.5. The number of aliphatic carboxylic acids is 1. The average molecular weight is 1610 g/mol. The summed E-state index contributed by atoms with van der Waals surface area (Å²) in [5.41, 5.74) is 0.0507. The number of halogens is 12. The highest BCUT2D eigenvalue weighted by Crippen LogP contribution is 2.51. The highest BCUT2D eigenvalue weighted by Gasteiger charge is 2.43. The standard InChI is InChI=1S/C28H23F4N3O5S.C24H15ClF3N3O3S.C24H17F4N3O3S/c1-15(33-11-10-23(36)37)14-40-22-5-3-4-19(25(22)39-2)28-35(27(38)24-20(31)12-18(30)13-21(24)32)34-26(41-28)16-6-8-17(29)9-7-16;1-33-19-4-2-3-16(21(19)34-10-9-29)24-31(23(32)20-17(27)11-15(26)12-18(20)28)30-22(35-24)13-5-7-14(25)8-6-13;1-29-20(32)12-34-19-5-3-2-4-16(19)24-31(23(33)21-17(27)10-15(26)11-18(21)28)30-22(35-24)13-6-8-14(25)9-7-13/h3-9,12-13,28,33H,1,10-11,14H2,2H3,(H,36,37);2-8,11-12,24H,10H2,1H3;2-11,24H,12H2,1H3,(H,29,32)/t;24-;/m.1./s1. The van der Waals surface area contributed by atoms with Gasteiger partial charge in [-0.3, -0.25) is 24.0 Å². The van der Waals surface area contributed by atoms with Crippen molar-refractivity contribution >= 4 is 91.6 Å². The van der Waals surface area contributed by atoms with Gasteiger partial charge in [0.05, 0.1) is 20.6 Å². The predicted molar refractivity (Wildman–Crippen MR) is 390 cm³/mol. The minimum atomic E-state index is -1.40. The van der Waals surface area contributed by atoms with Gasteiger partial charge in [-0.1, -0.05) is 108 Å². The quantitative estimate of drug-likeness (QED) is 0.0504. The molecular weight excluding hydrogens is 1560 g/mol. The van der Waals surface area contributed by atoms with Crippen molar-refractivity contribution in [3.63, 3.8) is 0 Å². The lowest BCUT2D eigenvalue weighted by Gasteiger charge is -2.24. The normalized spacial score (nSPS) is 14.8. The van der Waals surface area contributed by atoms with Crippen molar-refractivity contribution in [1.82, 2.24) is 25.7 Å². The van der Waals surface area contributed by atoms with Gasteiger partial charge in [-0.25, -0.2) is 63.3 Å². The van der Waals surface area contributed by atoms with E-state index in [4.69, 9.17) is 45.7 Å². The number of para-hydroxylation sites is 3. The van der Waals surface area contributed by atoms with Crippen LogP contribution in [-0.4, -0.2) is 112 Å². The summed E-state index contributed by atoms with van der Waals surface area (Å²) in [6, 6.07) is 37.6. The van der Waals surface area contributed by atoms with Crippen LogP contribution in [0.15, 0.2) is 197 Å². The molecule has 0 fully saturated rings. The predicted octanol–water partition coefficient (Wildman–Crippen LogP) is 16.0. The molecule has 4 amide bonds. The number of likely N-dealkylation sites (N-methyl/N-ethyl adjacent to an activating group) is 1. The Hall–Kier alpha value is -12.1. The zero-order valence-electron chi connectivity index (χ0n) is 57.6. The van der Waals surface area contributed by atoms with Crippen LogP contribution >= 0.6 is 46.9 Å². The van der Waals surface area contributed by atoms with E-state index in [0.717, 1.165) is 50.3 Å². The monoisotopic (exact) mass is 1610 g/mol. The number of nitrogens with zero attached hydrogens (tertiary/aromatic N) is 7. The minimum Gasteiger partial charge on any atom is -0.493 e. The SMILES string of the molecule is C=C(COc1cccc(C2SC(c3ccc(F)cc3)=NN2C(=O)c2c(F)cc(F)cc2F)c1OC)NCCC(=O)O.CNC(=O)COc1ccccc1C1SC(c2ccc(F)cc2)=NN1C(=O)c1c(F)cc(F)cc1F.COc1cccc([C@H]2SC(c3ccc(Cl)cc3)=NN2C(=O)c2c(F)cc(F)cc2F)c1OCC#N. The van der Waals surface area contributed by atoms with E-state index in [1.807, 2.05) is 6.07 Å². The van der Waals surface area contributed by atoms with E-state index in [0.29, 0.717) is 85.5 Å². The number of rotatable bonds is 23. The van der Waals surface area contributed by atoms with Gasteiger partial charge in [0.25, 0.3) is 23.6 Å². The zero-order chi connectivity index (χ0) is 79.9. The number of carboxylic acid groups (broad SMARTS) is 1. The number of hydrogen-bond donors (Lipinski definition) is 3. The number of carbonyl (C=O) groups excluding carboxylic acids is 4. The Morgan fingerprint density at radius 2 is 0.874 bits per heavy atom. The number of thioether (sulfide) groups is 3. The largest absolute Gasteiger partial charge is 0.493 e. The minimum absolute atomic E-state index is 0.0524. The molecule has 3 atom stereocenters. The summed E-state index contributed by atoms with van der Waals surface area (Å²) in [6.07, 6.45) is -0.119. The summed E-state index contributed by atoms with van der Waals surface area (Å²) in [4.78, 5) is 62.5. The van der Waals surface area contributed by atoms with E-state index in [1.54, 1.807) is 84.9 Å². The number of carbonyl (C=O) groups is 5. The lowest BCUT2D eigenvalue weighted by atomic mass is 10.1. The van der Waals surface area contributed by atoms with Crippen molar-refractivity contribution in [3.8, 4) is 34.8 Å². The van der Waals surface area contributed by atoms with Crippen LogP contribution in [-0.2, 0) is 9.59 Å². The topological polar surface area (TPSA) is 246 Å². The molecule has 3 aliphatic rings. The van der Waals surface area contributed by atoms with Crippen LogP contribution in [0.4, 0.5) is 48.3 Å². The Bertz CT molecular complexity index is 5140. The molecule has 35 heteroatoms. The van der Waals surface area contributed by atoms with Crippen molar-refractivity contribution < 1.29 is 101 Å². The van der Waals surface area contributed by atoms with E-state index in [1.165, 1.54) is 69.8 Å². The number of amides is 4. The Kier molecular flexibility index (Phi) is 27.1. The Morgan fingerprint density at radius 3 is 1.28 bits per heavy atom. The van der Waals surface area contributed by atoms with Crippen molar-refractivity contribution in [1.29, 1.82) is 5.26 Å². The zero-order valence-corrected chi connectivity index (χ0v) is 60.8. The van der Waals surface area contributed by atoms with Gasteiger partial charge in [0, 0.05) is 94.1 Å². The van der Waals surface area contributed by atoms with Gasteiger partial charge in [0.15, 0.2) is 36.2 Å². The van der Waals surface area contributed by atoms with Gasteiger partial charge in [0.1, 0.15) is 130 Å². The Morgan fingerprint density at radius 1 is 0.495 bits per heavy atom. The number of carboxylic acids is 1. The summed E-state index contributed by atoms with van der Waals surface area (Å²) in [6.45, 7) is 3.26. The van der Waals surface area contributed by atoms with Crippen LogP contribution < -0.4 is 34.3 Å². The second kappa shape index (κ2) is 36.9. The van der Waals surface area contributed by atoms with E-state index in [-0.39, 0.29) is 71.6 Å². The summed E-state index contributed by atoms with van der Waals surface area (Å²) in [7, 11) is 4.21. The summed E-state index contributed by atoms with van der Waals surface area (Å²) in [5, 5.41) is 36.9. The second-order valence-electron chi connectivity index (χ2n) is 23.0. The molecule has 0 radical (unpaired) electrons. The Balaban J connectivity index is 0.000000178. The van der Waals surface area contributed by atoms with E-state index >= 15 is 0 Å². The van der Waals surface area contributed by atoms with Crippen LogP contribution in [0.2, 0.25) is 5.02 Å². The summed E-state index contributed by atoms with van der Waals surface area (Å²) >= 11 is 9.17. The number of methoxy groups -OCH3 is 2. The van der Waals surface area contributed by atoms with Crippen LogP contribution in [0.3, 0.4) is 0 Å². The van der Waals surface area contributed by atoms with Gasteiger partial charge in [-0.15, -0.1) is 0 Å². The van der Waals surface area contributed by atoms with E-state index in [9.17, 15) is 72.3 Å². The molecule has 2 unspecified atom stereocenters. The maximum atomic E-state index is 14.6. The fraction of sp³-hybridized carbons (Fsp3) is 0.145. The molecule has 0 saturated heterocycles. The first kappa shape index (κ1) is 81.5. The summed E-state index contributed by atoms with van der Waals surface area (Å²) < 4.78 is 182. The van der Waals surface area contributed by atoms with Crippen molar-refractivity contribution in [3.05, 3.63) is 301 Å². The number of ether oxygens (including phenoxy) is 5. The molecule has 0 spiro atoms. The molecule has 0 bridgehead atoms. The summed E-state index contributed by atoms with van der Waals surface area (Å²) in [5.74, 6) is -16.5. The number of nitrogens with one attached hydrogen (secondary N) is 2. The Labute approximate surface area is 641 Å². The van der Waals surface area contributed by atoms with Crippen LogP contribution in [0.25, 0.3) is 0 Å². The van der Waals surface area contributed by atoms with Crippen LogP contribution in [0.5, 0.6) is 28.7 Å². The lowest BCUT2D eigenvalue weighted by molar-refractivity contribution is -0.136.